The van der Waals surface area contributed by atoms with E-state index in [1.165, 1.54) is 14.2 Å². The van der Waals surface area contributed by atoms with Gasteiger partial charge in [-0.1, -0.05) is 41.9 Å². The predicted octanol–water partition coefficient (Wildman–Crippen LogP) is 4.76. The van der Waals surface area contributed by atoms with Crippen molar-refractivity contribution in [2.45, 2.75) is 12.8 Å². The highest BCUT2D eigenvalue weighted by Crippen LogP contribution is 2.60. The first-order chi connectivity index (χ1) is 12.4. The minimum atomic E-state index is -3.69. The second-order valence-corrected chi connectivity index (χ2v) is 8.04. The SMILES string of the molecule is COP(=O)(OC)C(OC(=O)COc1ccc(Cl)c(C)c1)c1ccccc1. The Bertz CT molecular complexity index is 788. The summed E-state index contributed by atoms with van der Waals surface area (Å²) in [7, 11) is -1.22. The fraction of sp³-hybridized carbons (Fsp3) is 0.278. The van der Waals surface area contributed by atoms with Crippen molar-refractivity contribution in [3.8, 4) is 5.75 Å². The van der Waals surface area contributed by atoms with Crippen LogP contribution in [0.15, 0.2) is 48.5 Å². The predicted molar refractivity (Wildman–Crippen MR) is 98.6 cm³/mol. The highest BCUT2D eigenvalue weighted by Gasteiger charge is 2.39. The van der Waals surface area contributed by atoms with E-state index in [0.29, 0.717) is 16.3 Å². The highest BCUT2D eigenvalue weighted by atomic mass is 35.5. The maximum Gasteiger partial charge on any atom is 0.375 e. The van der Waals surface area contributed by atoms with Crippen LogP contribution in [0.3, 0.4) is 0 Å². The third-order valence-corrected chi connectivity index (χ3v) is 6.03. The van der Waals surface area contributed by atoms with Crippen molar-refractivity contribution >= 4 is 25.2 Å². The van der Waals surface area contributed by atoms with Crippen LogP contribution in [0.1, 0.15) is 17.0 Å². The summed E-state index contributed by atoms with van der Waals surface area (Å²) in [5.41, 5.74) is 1.32. The molecule has 0 aliphatic carbocycles. The van der Waals surface area contributed by atoms with Gasteiger partial charge in [0.05, 0.1) is 0 Å². The zero-order valence-corrected chi connectivity index (χ0v) is 16.3. The first-order valence-electron chi connectivity index (χ1n) is 7.74. The first-order valence-corrected chi connectivity index (χ1v) is 9.73. The van der Waals surface area contributed by atoms with E-state index in [1.54, 1.807) is 48.5 Å². The van der Waals surface area contributed by atoms with Gasteiger partial charge in [-0.05, 0) is 30.7 Å². The fourth-order valence-electron chi connectivity index (χ4n) is 2.21. The Kier molecular flexibility index (Phi) is 7.23. The van der Waals surface area contributed by atoms with E-state index in [1.807, 2.05) is 6.92 Å². The zero-order chi connectivity index (χ0) is 19.2. The fourth-order valence-corrected chi connectivity index (χ4v) is 3.64. The lowest BCUT2D eigenvalue weighted by molar-refractivity contribution is -0.149. The molecule has 0 spiro atoms. The molecule has 26 heavy (non-hydrogen) atoms. The monoisotopic (exact) mass is 398 g/mol. The average Bonchev–Trinajstić information content (AvgIpc) is 2.67. The van der Waals surface area contributed by atoms with Crippen molar-refractivity contribution in [3.05, 3.63) is 64.7 Å². The van der Waals surface area contributed by atoms with Crippen molar-refractivity contribution in [1.82, 2.24) is 0 Å². The molecule has 0 saturated carbocycles. The van der Waals surface area contributed by atoms with E-state index >= 15 is 0 Å². The molecule has 6 nitrogen and oxygen atoms in total. The van der Waals surface area contributed by atoms with Gasteiger partial charge in [-0.2, -0.15) is 0 Å². The second kappa shape index (κ2) is 9.19. The summed E-state index contributed by atoms with van der Waals surface area (Å²) in [6.45, 7) is 1.46. The van der Waals surface area contributed by atoms with Gasteiger partial charge in [0.15, 0.2) is 6.61 Å². The maximum absolute atomic E-state index is 12.8. The van der Waals surface area contributed by atoms with Crippen LogP contribution in [0.5, 0.6) is 5.75 Å². The van der Waals surface area contributed by atoms with Crippen LogP contribution >= 0.6 is 19.2 Å². The Balaban J connectivity index is 2.11. The van der Waals surface area contributed by atoms with Crippen LogP contribution in [0.4, 0.5) is 0 Å². The molecule has 0 bridgehead atoms. The van der Waals surface area contributed by atoms with Gasteiger partial charge in [-0.3, -0.25) is 4.57 Å². The highest BCUT2D eigenvalue weighted by molar-refractivity contribution is 7.54. The molecular weight excluding hydrogens is 379 g/mol. The molecule has 0 aromatic heterocycles. The van der Waals surface area contributed by atoms with Gasteiger partial charge in [0.1, 0.15) is 5.75 Å². The molecule has 0 radical (unpaired) electrons. The Hall–Kier alpha value is -1.85. The molecule has 0 heterocycles. The molecule has 0 saturated heterocycles. The third-order valence-electron chi connectivity index (χ3n) is 3.61. The smallest absolute Gasteiger partial charge is 0.375 e. The van der Waals surface area contributed by atoms with E-state index in [4.69, 9.17) is 30.1 Å². The molecule has 2 aromatic rings. The zero-order valence-electron chi connectivity index (χ0n) is 14.7. The molecular formula is C18H20ClO6P. The molecule has 0 fully saturated rings. The molecule has 2 aromatic carbocycles. The number of esters is 1. The Morgan fingerprint density at radius 1 is 1.12 bits per heavy atom. The number of ether oxygens (including phenoxy) is 2. The van der Waals surface area contributed by atoms with Crippen LogP contribution in [-0.4, -0.2) is 26.8 Å². The van der Waals surface area contributed by atoms with Gasteiger partial charge in [-0.15, -0.1) is 0 Å². The number of halogens is 1. The first kappa shape index (κ1) is 20.5. The summed E-state index contributed by atoms with van der Waals surface area (Å²) >= 11 is 5.96. The molecule has 0 N–H and O–H groups in total. The molecule has 140 valence electrons. The molecule has 0 amide bonds. The molecule has 0 aliphatic rings. The van der Waals surface area contributed by atoms with Gasteiger partial charge in [0, 0.05) is 24.8 Å². The number of carbonyl (C=O) groups is 1. The molecule has 0 aliphatic heterocycles. The molecule has 2 rings (SSSR count). The van der Waals surface area contributed by atoms with Gasteiger partial charge < -0.3 is 18.5 Å². The van der Waals surface area contributed by atoms with Crippen LogP contribution in [0.25, 0.3) is 0 Å². The van der Waals surface area contributed by atoms with E-state index in [-0.39, 0.29) is 6.61 Å². The summed E-state index contributed by atoms with van der Waals surface area (Å²) in [6.07, 6.45) is 0. The summed E-state index contributed by atoms with van der Waals surface area (Å²) in [4.78, 5) is 12.2. The van der Waals surface area contributed by atoms with E-state index < -0.39 is 19.4 Å². The lowest BCUT2D eigenvalue weighted by Crippen LogP contribution is -2.19. The summed E-state index contributed by atoms with van der Waals surface area (Å²) in [6, 6.07) is 13.6. The van der Waals surface area contributed by atoms with Gasteiger partial charge in [0.2, 0.25) is 5.85 Å². The van der Waals surface area contributed by atoms with Crippen molar-refractivity contribution in [2.24, 2.45) is 0 Å². The number of carbonyl (C=O) groups excluding carboxylic acids is 1. The van der Waals surface area contributed by atoms with Crippen LogP contribution in [0.2, 0.25) is 5.02 Å². The molecule has 8 heteroatoms. The summed E-state index contributed by atoms with van der Waals surface area (Å²) < 4.78 is 33.5. The lowest BCUT2D eigenvalue weighted by Gasteiger charge is -2.24. The number of benzene rings is 2. The number of hydrogen-bond donors (Lipinski definition) is 0. The number of aryl methyl sites for hydroxylation is 1. The van der Waals surface area contributed by atoms with Gasteiger partial charge in [-0.25, -0.2) is 4.79 Å². The average molecular weight is 399 g/mol. The largest absolute Gasteiger partial charge is 0.482 e. The number of rotatable bonds is 8. The Morgan fingerprint density at radius 3 is 2.35 bits per heavy atom. The van der Waals surface area contributed by atoms with Crippen molar-refractivity contribution in [3.63, 3.8) is 0 Å². The van der Waals surface area contributed by atoms with Gasteiger partial charge in [0.25, 0.3) is 0 Å². The van der Waals surface area contributed by atoms with E-state index in [0.717, 1.165) is 5.56 Å². The maximum atomic E-state index is 12.8. The summed E-state index contributed by atoms with van der Waals surface area (Å²) in [5, 5.41) is 0.602. The van der Waals surface area contributed by atoms with Crippen LogP contribution < -0.4 is 4.74 Å². The molecule has 1 unspecified atom stereocenters. The topological polar surface area (TPSA) is 71.1 Å². The second-order valence-electron chi connectivity index (χ2n) is 5.36. The van der Waals surface area contributed by atoms with E-state index in [9.17, 15) is 9.36 Å². The lowest BCUT2D eigenvalue weighted by atomic mass is 10.2. The van der Waals surface area contributed by atoms with Crippen molar-refractivity contribution in [2.75, 3.05) is 20.8 Å². The van der Waals surface area contributed by atoms with E-state index in [2.05, 4.69) is 0 Å². The summed E-state index contributed by atoms with van der Waals surface area (Å²) in [5.74, 6) is -1.43. The third kappa shape index (κ3) is 5.08. The Labute approximate surface area is 157 Å². The minimum absolute atomic E-state index is 0.363. The Morgan fingerprint density at radius 2 is 1.77 bits per heavy atom. The van der Waals surface area contributed by atoms with Crippen LogP contribution in [-0.2, 0) is 23.1 Å². The quantitative estimate of drug-likeness (QED) is 0.472. The van der Waals surface area contributed by atoms with Crippen molar-refractivity contribution < 1.29 is 27.9 Å². The minimum Gasteiger partial charge on any atom is -0.482 e. The normalized spacial score (nSPS) is 12.5. The van der Waals surface area contributed by atoms with Gasteiger partial charge >= 0.3 is 13.6 Å². The standard InChI is InChI=1S/C18H20ClO6P/c1-13-11-15(9-10-16(13)19)24-12-17(20)25-18(26(21,22-2)23-3)14-7-5-4-6-8-14/h4-11,18H,12H2,1-3H3. The molecule has 1 atom stereocenters. The van der Waals surface area contributed by atoms with Crippen LogP contribution in [0, 0.1) is 6.92 Å². The number of hydrogen-bond acceptors (Lipinski definition) is 6. The van der Waals surface area contributed by atoms with Crippen molar-refractivity contribution in [1.29, 1.82) is 0 Å².